The van der Waals surface area contributed by atoms with Crippen molar-refractivity contribution in [3.63, 3.8) is 0 Å². The molecule has 8 nitrogen and oxygen atoms in total. The first-order chi connectivity index (χ1) is 15.4. The molecule has 2 N–H and O–H groups in total. The van der Waals surface area contributed by atoms with Crippen LogP contribution in [0.5, 0.6) is 5.75 Å². The number of ether oxygens (including phenoxy) is 1. The molecule has 168 valence electrons. The maximum absolute atomic E-state index is 13.5. The molecular weight excluding hydrogens is 408 g/mol. The van der Waals surface area contributed by atoms with Crippen molar-refractivity contribution in [1.29, 1.82) is 0 Å². The molecule has 1 aromatic heterocycles. The second-order valence-electron chi connectivity index (χ2n) is 8.01. The van der Waals surface area contributed by atoms with Gasteiger partial charge in [0.15, 0.2) is 0 Å². The van der Waals surface area contributed by atoms with Gasteiger partial charge < -0.3 is 24.6 Å². The van der Waals surface area contributed by atoms with Crippen LogP contribution in [0.15, 0.2) is 36.4 Å². The Morgan fingerprint density at radius 2 is 1.97 bits per heavy atom. The molecule has 0 aliphatic carbocycles. The minimum Gasteiger partial charge on any atom is -0.497 e. The number of fused-ring (bicyclic) bond motifs is 1. The van der Waals surface area contributed by atoms with Crippen molar-refractivity contribution < 1.29 is 19.4 Å². The number of aliphatic hydroxyl groups is 1. The summed E-state index contributed by atoms with van der Waals surface area (Å²) in [7, 11) is 1.62. The molecule has 1 aliphatic rings. The van der Waals surface area contributed by atoms with E-state index in [0.717, 1.165) is 22.7 Å². The number of nitrogens with one attached hydrogen (secondary N) is 1. The van der Waals surface area contributed by atoms with Crippen LogP contribution in [0.3, 0.4) is 0 Å². The standard InChI is InChI=1S/C24H28N4O4/c1-4-28-22-20(24(31)27-10-8-18(30)9-11-27)13-17(25-15(2)29)14-21(22)26-23(28)16-6-5-7-19(12-16)32-3/h5-7,12-14,18,30H,4,8-11H2,1-3H3,(H,25,29). The molecule has 0 radical (unpaired) electrons. The second-order valence-corrected chi connectivity index (χ2v) is 8.01. The van der Waals surface area contributed by atoms with Crippen LogP contribution in [0.1, 0.15) is 37.0 Å². The minimum absolute atomic E-state index is 0.124. The smallest absolute Gasteiger partial charge is 0.256 e. The van der Waals surface area contributed by atoms with E-state index in [1.807, 2.05) is 35.8 Å². The van der Waals surface area contributed by atoms with Crippen LogP contribution in [0.25, 0.3) is 22.4 Å². The molecule has 1 aliphatic heterocycles. The highest BCUT2D eigenvalue weighted by molar-refractivity contribution is 6.08. The van der Waals surface area contributed by atoms with Gasteiger partial charge in [0.05, 0.1) is 29.8 Å². The van der Waals surface area contributed by atoms with Crippen molar-refractivity contribution in [1.82, 2.24) is 14.5 Å². The molecule has 0 saturated carbocycles. The average Bonchev–Trinajstić information content (AvgIpc) is 3.16. The number of aliphatic hydroxyl groups excluding tert-OH is 1. The molecule has 32 heavy (non-hydrogen) atoms. The maximum Gasteiger partial charge on any atom is 0.256 e. The summed E-state index contributed by atoms with van der Waals surface area (Å²) in [5, 5.41) is 12.6. The molecule has 2 amide bonds. The summed E-state index contributed by atoms with van der Waals surface area (Å²) in [6.07, 6.45) is 0.746. The molecule has 0 unspecified atom stereocenters. The maximum atomic E-state index is 13.5. The number of amides is 2. The average molecular weight is 437 g/mol. The zero-order chi connectivity index (χ0) is 22.8. The van der Waals surface area contributed by atoms with Gasteiger partial charge in [-0.15, -0.1) is 0 Å². The van der Waals surface area contributed by atoms with Crippen LogP contribution < -0.4 is 10.1 Å². The monoisotopic (exact) mass is 436 g/mol. The first-order valence-electron chi connectivity index (χ1n) is 10.8. The summed E-state index contributed by atoms with van der Waals surface area (Å²) in [6.45, 7) is 5.05. The van der Waals surface area contributed by atoms with E-state index in [1.54, 1.807) is 24.1 Å². The van der Waals surface area contributed by atoms with E-state index >= 15 is 0 Å². The highest BCUT2D eigenvalue weighted by Gasteiger charge is 2.27. The Bertz CT molecular complexity index is 1160. The number of aromatic nitrogens is 2. The van der Waals surface area contributed by atoms with Crippen LogP contribution in [0.2, 0.25) is 0 Å². The first kappa shape index (κ1) is 21.8. The molecule has 4 rings (SSSR count). The first-order valence-corrected chi connectivity index (χ1v) is 10.8. The van der Waals surface area contributed by atoms with Gasteiger partial charge in [-0.05, 0) is 44.0 Å². The Hall–Kier alpha value is -3.39. The van der Waals surface area contributed by atoms with Crippen molar-refractivity contribution >= 4 is 28.5 Å². The lowest BCUT2D eigenvalue weighted by molar-refractivity contribution is -0.114. The third-order valence-corrected chi connectivity index (χ3v) is 5.79. The summed E-state index contributed by atoms with van der Waals surface area (Å²) >= 11 is 0. The Kier molecular flexibility index (Phi) is 6.14. The van der Waals surface area contributed by atoms with Gasteiger partial charge in [0.2, 0.25) is 5.91 Å². The number of nitrogens with zero attached hydrogens (tertiary/aromatic N) is 3. The number of carbonyl (C=O) groups excluding carboxylic acids is 2. The van der Waals surface area contributed by atoms with Gasteiger partial charge in [-0.1, -0.05) is 12.1 Å². The number of benzene rings is 2. The van der Waals surface area contributed by atoms with E-state index < -0.39 is 0 Å². The van der Waals surface area contributed by atoms with Gasteiger partial charge in [-0.3, -0.25) is 9.59 Å². The number of likely N-dealkylation sites (tertiary alicyclic amines) is 1. The number of hydrogen-bond donors (Lipinski definition) is 2. The van der Waals surface area contributed by atoms with E-state index in [1.165, 1.54) is 6.92 Å². The van der Waals surface area contributed by atoms with Gasteiger partial charge in [0, 0.05) is 37.8 Å². The number of methoxy groups -OCH3 is 1. The van der Waals surface area contributed by atoms with Crippen molar-refractivity contribution in [3.8, 4) is 17.1 Å². The Balaban J connectivity index is 1.89. The molecule has 2 heterocycles. The number of carbonyl (C=O) groups is 2. The van der Waals surface area contributed by atoms with E-state index in [9.17, 15) is 14.7 Å². The highest BCUT2D eigenvalue weighted by Crippen LogP contribution is 2.32. The summed E-state index contributed by atoms with van der Waals surface area (Å²) in [5.41, 5.74) is 3.27. The SMILES string of the molecule is CCn1c(-c2cccc(OC)c2)nc2cc(NC(C)=O)cc(C(=O)N3CCC(O)CC3)c21. The number of imidazole rings is 1. The number of hydrogen-bond acceptors (Lipinski definition) is 5. The fraction of sp³-hybridized carbons (Fsp3) is 0.375. The van der Waals surface area contributed by atoms with Crippen LogP contribution in [-0.4, -0.2) is 57.7 Å². The summed E-state index contributed by atoms with van der Waals surface area (Å²) in [6, 6.07) is 11.2. The zero-order valence-corrected chi connectivity index (χ0v) is 18.6. The van der Waals surface area contributed by atoms with Gasteiger partial charge in [0.1, 0.15) is 11.6 Å². The molecule has 0 atom stereocenters. The van der Waals surface area contributed by atoms with Gasteiger partial charge in [-0.25, -0.2) is 4.98 Å². The Morgan fingerprint density at radius 3 is 2.62 bits per heavy atom. The van der Waals surface area contributed by atoms with Crippen molar-refractivity contribution in [2.75, 3.05) is 25.5 Å². The lowest BCUT2D eigenvalue weighted by Crippen LogP contribution is -2.40. The van der Waals surface area contributed by atoms with Crippen LogP contribution in [0.4, 0.5) is 5.69 Å². The zero-order valence-electron chi connectivity index (χ0n) is 18.6. The number of rotatable bonds is 5. The van der Waals surface area contributed by atoms with Crippen molar-refractivity contribution in [2.45, 2.75) is 39.3 Å². The molecule has 8 heteroatoms. The number of piperidine rings is 1. The molecule has 1 fully saturated rings. The predicted octanol–water partition coefficient (Wildman–Crippen LogP) is 3.29. The molecule has 2 aromatic carbocycles. The minimum atomic E-state index is -0.370. The Morgan fingerprint density at radius 1 is 1.22 bits per heavy atom. The predicted molar refractivity (Wildman–Crippen MR) is 123 cm³/mol. The number of anilines is 1. The molecule has 0 spiro atoms. The highest BCUT2D eigenvalue weighted by atomic mass is 16.5. The fourth-order valence-electron chi connectivity index (χ4n) is 4.24. The van der Waals surface area contributed by atoms with Gasteiger partial charge >= 0.3 is 0 Å². The third kappa shape index (κ3) is 4.18. The van der Waals surface area contributed by atoms with E-state index in [0.29, 0.717) is 49.2 Å². The van der Waals surface area contributed by atoms with E-state index in [2.05, 4.69) is 5.32 Å². The van der Waals surface area contributed by atoms with Crippen LogP contribution in [-0.2, 0) is 11.3 Å². The second kappa shape index (κ2) is 9.00. The topological polar surface area (TPSA) is 96.7 Å². The lowest BCUT2D eigenvalue weighted by atomic mass is 10.1. The van der Waals surface area contributed by atoms with Gasteiger partial charge in [-0.2, -0.15) is 0 Å². The summed E-state index contributed by atoms with van der Waals surface area (Å²) in [5.74, 6) is 1.11. The third-order valence-electron chi connectivity index (χ3n) is 5.79. The summed E-state index contributed by atoms with van der Waals surface area (Å²) in [4.78, 5) is 31.9. The Labute approximate surface area is 186 Å². The lowest BCUT2D eigenvalue weighted by Gasteiger charge is -2.30. The van der Waals surface area contributed by atoms with E-state index in [-0.39, 0.29) is 17.9 Å². The molecular formula is C24H28N4O4. The van der Waals surface area contributed by atoms with Gasteiger partial charge in [0.25, 0.3) is 5.91 Å². The van der Waals surface area contributed by atoms with E-state index in [4.69, 9.17) is 9.72 Å². The largest absolute Gasteiger partial charge is 0.497 e. The number of aryl methyl sites for hydroxylation is 1. The molecule has 0 bridgehead atoms. The molecule has 3 aromatic rings. The van der Waals surface area contributed by atoms with Crippen molar-refractivity contribution in [2.24, 2.45) is 0 Å². The van der Waals surface area contributed by atoms with Crippen LogP contribution in [0, 0.1) is 0 Å². The normalized spacial score (nSPS) is 14.6. The van der Waals surface area contributed by atoms with Crippen LogP contribution >= 0.6 is 0 Å². The van der Waals surface area contributed by atoms with Crippen molar-refractivity contribution in [3.05, 3.63) is 42.0 Å². The summed E-state index contributed by atoms with van der Waals surface area (Å²) < 4.78 is 7.39. The quantitative estimate of drug-likeness (QED) is 0.640. The fourth-order valence-corrected chi connectivity index (χ4v) is 4.24. The molecule has 1 saturated heterocycles.